The van der Waals surface area contributed by atoms with E-state index in [9.17, 15) is 14.3 Å². The van der Waals surface area contributed by atoms with Crippen molar-refractivity contribution in [2.45, 2.75) is 26.4 Å². The number of phenolic OH excluding ortho intramolecular Hbond substituents is 1. The summed E-state index contributed by atoms with van der Waals surface area (Å²) in [6.45, 7) is -6.10. The Morgan fingerprint density at radius 1 is 1.46 bits per heavy atom. The van der Waals surface area contributed by atoms with E-state index in [-0.39, 0.29) is 34.9 Å². The molecule has 0 bridgehead atoms. The van der Waals surface area contributed by atoms with Gasteiger partial charge in [-0.2, -0.15) is 5.10 Å². The van der Waals surface area contributed by atoms with Crippen molar-refractivity contribution in [1.82, 2.24) is 19.7 Å². The molecule has 26 heavy (non-hydrogen) atoms. The predicted molar refractivity (Wildman–Crippen MR) is 91.4 cm³/mol. The number of hydrogen-bond acceptors (Lipinski definition) is 6. The molecule has 0 amide bonds. The smallest absolute Gasteiger partial charge is 0.157 e. The Labute approximate surface area is 157 Å². The lowest BCUT2D eigenvalue weighted by Gasteiger charge is -2.14. The molecule has 1 aromatic carbocycles. The van der Waals surface area contributed by atoms with Crippen LogP contribution in [0.25, 0.3) is 11.4 Å². The van der Waals surface area contributed by atoms with Gasteiger partial charge < -0.3 is 9.84 Å². The third-order valence-electron chi connectivity index (χ3n) is 3.53. The summed E-state index contributed by atoms with van der Waals surface area (Å²) in [7, 11) is 0. The first kappa shape index (κ1) is 11.3. The summed E-state index contributed by atoms with van der Waals surface area (Å²) in [5.74, 6) is -1.66. The quantitative estimate of drug-likeness (QED) is 0.678. The van der Waals surface area contributed by atoms with Gasteiger partial charge >= 0.3 is 0 Å². The van der Waals surface area contributed by atoms with Crippen molar-refractivity contribution in [2.75, 3.05) is 0 Å². The Hall–Kier alpha value is -3.29. The van der Waals surface area contributed by atoms with E-state index in [1.54, 1.807) is 0 Å². The van der Waals surface area contributed by atoms with E-state index in [1.165, 1.54) is 24.8 Å². The van der Waals surface area contributed by atoms with Crippen molar-refractivity contribution in [2.24, 2.45) is 0 Å². The van der Waals surface area contributed by atoms with Gasteiger partial charge in [-0.1, -0.05) is 0 Å². The van der Waals surface area contributed by atoms with Gasteiger partial charge in [0.25, 0.3) is 0 Å². The second-order valence-corrected chi connectivity index (χ2v) is 5.20. The molecule has 2 aromatic heterocycles. The second kappa shape index (κ2) is 7.30. The minimum atomic E-state index is -2.90. The van der Waals surface area contributed by atoms with Crippen molar-refractivity contribution < 1.29 is 27.3 Å². The highest BCUT2D eigenvalue weighted by Gasteiger charge is 2.16. The first-order valence-electron chi connectivity index (χ1n) is 10.4. The highest BCUT2D eigenvalue weighted by molar-refractivity contribution is 5.83. The predicted octanol–water partition coefficient (Wildman–Crippen LogP) is 3.16. The van der Waals surface area contributed by atoms with Crippen LogP contribution in [0, 0.1) is 5.82 Å². The number of benzene rings is 1. The minimum Gasteiger partial charge on any atom is -0.507 e. The molecule has 0 radical (unpaired) electrons. The Bertz CT molecular complexity index is 1120. The van der Waals surface area contributed by atoms with Crippen LogP contribution in [0.2, 0.25) is 0 Å². The molecule has 0 aliphatic carbocycles. The minimum absolute atomic E-state index is 0.0842. The topological polar surface area (TPSA) is 90.1 Å². The van der Waals surface area contributed by atoms with Gasteiger partial charge in [-0.15, -0.1) is 0 Å². The summed E-state index contributed by atoms with van der Waals surface area (Å²) >= 11 is 0. The monoisotopic (exact) mass is 362 g/mol. The molecule has 0 unspecified atom stereocenters. The largest absolute Gasteiger partial charge is 0.507 e. The third-order valence-corrected chi connectivity index (χ3v) is 3.53. The molecule has 0 saturated carbocycles. The SMILES string of the molecule is [2H]C([2H])([2H])C(n1nccc1-c1ncncc1COc1cc(F)cc(O)c1C=O)C([2H])([2H])[2H]. The fourth-order valence-corrected chi connectivity index (χ4v) is 2.37. The zero-order chi connectivity index (χ0) is 23.7. The first-order valence-corrected chi connectivity index (χ1v) is 7.36. The van der Waals surface area contributed by atoms with E-state index in [2.05, 4.69) is 15.1 Å². The van der Waals surface area contributed by atoms with Gasteiger partial charge in [-0.3, -0.25) is 9.48 Å². The highest BCUT2D eigenvalue weighted by Crippen LogP contribution is 2.29. The maximum absolute atomic E-state index is 13.6. The van der Waals surface area contributed by atoms with Gasteiger partial charge in [-0.25, -0.2) is 14.4 Å². The molecule has 3 rings (SSSR count). The maximum atomic E-state index is 13.6. The van der Waals surface area contributed by atoms with Gasteiger partial charge in [-0.05, 0) is 19.8 Å². The Kier molecular flexibility index (Phi) is 3.19. The number of aromatic nitrogens is 4. The van der Waals surface area contributed by atoms with Crippen LogP contribution >= 0.6 is 0 Å². The molecular formula is C18H17FN4O3. The van der Waals surface area contributed by atoms with Crippen LogP contribution in [0.1, 0.15) is 43.9 Å². The molecule has 0 atom stereocenters. The number of nitrogens with zero attached hydrogens (tertiary/aromatic N) is 4. The van der Waals surface area contributed by atoms with Crippen molar-refractivity contribution in [3.05, 3.63) is 53.9 Å². The number of rotatable bonds is 6. The van der Waals surface area contributed by atoms with Crippen molar-refractivity contribution >= 4 is 6.29 Å². The van der Waals surface area contributed by atoms with Crippen LogP contribution in [0.3, 0.4) is 0 Å². The molecule has 1 N–H and O–H groups in total. The van der Waals surface area contributed by atoms with Crippen molar-refractivity contribution in [3.8, 4) is 22.9 Å². The molecular weight excluding hydrogens is 339 g/mol. The summed E-state index contributed by atoms with van der Waals surface area (Å²) in [6.07, 6.45) is 4.04. The number of aromatic hydroxyl groups is 1. The number of ether oxygens (including phenoxy) is 1. The van der Waals surface area contributed by atoms with E-state index in [0.717, 1.165) is 16.8 Å². The number of carbonyl (C=O) groups excluding carboxylic acids is 1. The molecule has 134 valence electrons. The molecule has 0 spiro atoms. The number of hydrogen-bond donors (Lipinski definition) is 1. The lowest BCUT2D eigenvalue weighted by atomic mass is 10.1. The van der Waals surface area contributed by atoms with Crippen molar-refractivity contribution in [3.63, 3.8) is 0 Å². The van der Waals surface area contributed by atoms with Crippen LogP contribution in [-0.2, 0) is 6.61 Å². The van der Waals surface area contributed by atoms with Crippen molar-refractivity contribution in [1.29, 1.82) is 0 Å². The molecule has 0 aliphatic rings. The van der Waals surface area contributed by atoms with Gasteiger partial charge in [0.1, 0.15) is 30.3 Å². The molecule has 7 nitrogen and oxygen atoms in total. The second-order valence-electron chi connectivity index (χ2n) is 5.20. The Morgan fingerprint density at radius 2 is 2.31 bits per heavy atom. The normalized spacial score (nSPS) is 15.3. The number of carbonyl (C=O) groups is 1. The number of phenols is 1. The van der Waals surface area contributed by atoms with Gasteiger partial charge in [0.15, 0.2) is 6.29 Å². The summed E-state index contributed by atoms with van der Waals surface area (Å²) in [5.41, 5.74) is 0.217. The lowest BCUT2D eigenvalue weighted by molar-refractivity contribution is 0.111. The number of halogens is 1. The van der Waals surface area contributed by atoms with Crippen LogP contribution < -0.4 is 4.74 Å². The molecule has 2 heterocycles. The summed E-state index contributed by atoms with van der Waals surface area (Å²) in [5, 5.41) is 13.6. The van der Waals surface area contributed by atoms with E-state index in [1.807, 2.05) is 0 Å². The Balaban J connectivity index is 2.02. The summed E-state index contributed by atoms with van der Waals surface area (Å²) in [4.78, 5) is 19.2. The van der Waals surface area contributed by atoms with Crippen LogP contribution in [0.15, 0.2) is 36.9 Å². The summed E-state index contributed by atoms with van der Waals surface area (Å²) < 4.78 is 66.0. The van der Waals surface area contributed by atoms with E-state index in [0.29, 0.717) is 6.29 Å². The van der Waals surface area contributed by atoms with E-state index < -0.39 is 31.3 Å². The van der Waals surface area contributed by atoms with Crippen LogP contribution in [0.5, 0.6) is 11.5 Å². The molecule has 0 saturated heterocycles. The average Bonchev–Trinajstić information content (AvgIpc) is 3.12. The first-order chi connectivity index (χ1) is 14.9. The van der Waals surface area contributed by atoms with Gasteiger partial charge in [0, 0.05) is 44.4 Å². The lowest BCUT2D eigenvalue weighted by Crippen LogP contribution is -2.08. The molecule has 8 heteroatoms. The van der Waals surface area contributed by atoms with Crippen LogP contribution in [0.4, 0.5) is 4.39 Å². The Morgan fingerprint density at radius 3 is 3.08 bits per heavy atom. The van der Waals surface area contributed by atoms with E-state index in [4.69, 9.17) is 13.0 Å². The highest BCUT2D eigenvalue weighted by atomic mass is 19.1. The molecule has 0 aliphatic heterocycles. The zero-order valence-corrected chi connectivity index (χ0v) is 13.3. The third kappa shape index (κ3) is 3.39. The van der Waals surface area contributed by atoms with E-state index >= 15 is 0 Å². The average molecular weight is 362 g/mol. The number of aldehydes is 1. The maximum Gasteiger partial charge on any atom is 0.157 e. The fraction of sp³-hybridized carbons (Fsp3) is 0.222. The standard InChI is InChI=1S/C18H17FN4O3/c1-11(2)23-15(3-4-22-23)18-12(7-20-10-21-18)9-26-17-6-13(19)5-16(25)14(17)8-24/h3-8,10-11,25H,9H2,1-2H3/i1D3,2D3. The van der Waals surface area contributed by atoms with Gasteiger partial charge in [0.05, 0.1) is 17.0 Å². The zero-order valence-electron chi connectivity index (χ0n) is 19.3. The summed E-state index contributed by atoms with van der Waals surface area (Å²) in [6, 6.07) is 1.12. The molecule has 3 aromatic rings. The molecule has 0 fully saturated rings. The van der Waals surface area contributed by atoms with Crippen LogP contribution in [-0.4, -0.2) is 31.1 Å². The van der Waals surface area contributed by atoms with Gasteiger partial charge in [0.2, 0.25) is 0 Å². The fourth-order valence-electron chi connectivity index (χ4n) is 2.37.